The van der Waals surface area contributed by atoms with Gasteiger partial charge in [0, 0.05) is 30.3 Å². The van der Waals surface area contributed by atoms with Crippen molar-refractivity contribution in [2.45, 2.75) is 45.2 Å². The molecule has 0 aliphatic heterocycles. The maximum Gasteiger partial charge on any atom is 0.134 e. The average molecular weight is 237 g/mol. The Kier molecular flexibility index (Phi) is 4.13. The SMILES string of the molecule is CCN(Cc1cccs1)C1CCCC(=O)C1. The van der Waals surface area contributed by atoms with Gasteiger partial charge >= 0.3 is 0 Å². The number of carbonyl (C=O) groups excluding carboxylic acids is 1. The van der Waals surface area contributed by atoms with Crippen LogP contribution in [-0.4, -0.2) is 23.3 Å². The number of hydrogen-bond donors (Lipinski definition) is 0. The van der Waals surface area contributed by atoms with Crippen molar-refractivity contribution in [1.82, 2.24) is 4.90 Å². The molecule has 16 heavy (non-hydrogen) atoms. The predicted octanol–water partition coefficient (Wildman–Crippen LogP) is 3.08. The lowest BCUT2D eigenvalue weighted by Crippen LogP contribution is -2.38. The van der Waals surface area contributed by atoms with Gasteiger partial charge in [0.2, 0.25) is 0 Å². The molecule has 0 amide bonds. The molecule has 1 aromatic rings. The number of nitrogens with zero attached hydrogens (tertiary/aromatic N) is 1. The van der Waals surface area contributed by atoms with Crippen LogP contribution < -0.4 is 0 Å². The zero-order valence-corrected chi connectivity index (χ0v) is 10.6. The van der Waals surface area contributed by atoms with Crippen molar-refractivity contribution in [3.8, 4) is 0 Å². The van der Waals surface area contributed by atoms with Crippen molar-refractivity contribution in [3.63, 3.8) is 0 Å². The zero-order valence-electron chi connectivity index (χ0n) is 9.82. The van der Waals surface area contributed by atoms with E-state index in [0.29, 0.717) is 11.8 Å². The summed E-state index contributed by atoms with van der Waals surface area (Å²) in [5, 5.41) is 2.12. The highest BCUT2D eigenvalue weighted by Crippen LogP contribution is 2.23. The summed E-state index contributed by atoms with van der Waals surface area (Å²) in [7, 11) is 0. The lowest BCUT2D eigenvalue weighted by atomic mass is 9.93. The molecule has 88 valence electrons. The second kappa shape index (κ2) is 5.60. The molecule has 0 radical (unpaired) electrons. The molecule has 0 spiro atoms. The largest absolute Gasteiger partial charge is 0.300 e. The van der Waals surface area contributed by atoms with Gasteiger partial charge in [0.15, 0.2) is 0 Å². The molecule has 1 saturated carbocycles. The van der Waals surface area contributed by atoms with Gasteiger partial charge in [-0.3, -0.25) is 9.69 Å². The van der Waals surface area contributed by atoms with Gasteiger partial charge < -0.3 is 0 Å². The van der Waals surface area contributed by atoms with Crippen molar-refractivity contribution >= 4 is 17.1 Å². The summed E-state index contributed by atoms with van der Waals surface area (Å²) in [4.78, 5) is 15.3. The molecule has 2 nitrogen and oxygen atoms in total. The predicted molar refractivity (Wildman–Crippen MR) is 67.7 cm³/mol. The van der Waals surface area contributed by atoms with Crippen LogP contribution in [0.15, 0.2) is 17.5 Å². The Morgan fingerprint density at radius 3 is 3.06 bits per heavy atom. The fourth-order valence-electron chi connectivity index (χ4n) is 2.42. The summed E-state index contributed by atoms with van der Waals surface area (Å²) >= 11 is 1.80. The third-order valence-corrected chi connectivity index (χ3v) is 4.18. The van der Waals surface area contributed by atoms with Gasteiger partial charge in [0.25, 0.3) is 0 Å². The molecule has 1 atom stereocenters. The van der Waals surface area contributed by atoms with Crippen molar-refractivity contribution in [2.24, 2.45) is 0 Å². The van der Waals surface area contributed by atoms with Crippen molar-refractivity contribution < 1.29 is 4.79 Å². The van der Waals surface area contributed by atoms with Gasteiger partial charge in [-0.1, -0.05) is 13.0 Å². The van der Waals surface area contributed by atoms with E-state index in [1.807, 2.05) is 0 Å². The molecule has 0 saturated heterocycles. The summed E-state index contributed by atoms with van der Waals surface area (Å²) in [5.41, 5.74) is 0. The van der Waals surface area contributed by atoms with E-state index in [9.17, 15) is 4.79 Å². The third-order valence-electron chi connectivity index (χ3n) is 3.32. The first-order valence-electron chi connectivity index (χ1n) is 6.07. The van der Waals surface area contributed by atoms with Crippen LogP contribution in [0.4, 0.5) is 0 Å². The van der Waals surface area contributed by atoms with Crippen LogP contribution in [0.3, 0.4) is 0 Å². The fourth-order valence-corrected chi connectivity index (χ4v) is 3.14. The standard InChI is InChI=1S/C13H19NOS/c1-2-14(10-13-7-4-8-16-13)11-5-3-6-12(15)9-11/h4,7-8,11H,2-3,5-6,9-10H2,1H3. The molecule has 1 heterocycles. The van der Waals surface area contributed by atoms with Crippen LogP contribution >= 0.6 is 11.3 Å². The quantitative estimate of drug-likeness (QED) is 0.802. The van der Waals surface area contributed by atoms with Gasteiger partial charge in [-0.2, -0.15) is 0 Å². The molecule has 1 fully saturated rings. The van der Waals surface area contributed by atoms with E-state index >= 15 is 0 Å². The maximum atomic E-state index is 11.5. The smallest absolute Gasteiger partial charge is 0.134 e. The monoisotopic (exact) mass is 237 g/mol. The molecular weight excluding hydrogens is 218 g/mol. The van der Waals surface area contributed by atoms with E-state index in [1.165, 1.54) is 11.3 Å². The summed E-state index contributed by atoms with van der Waals surface area (Å²) in [5.74, 6) is 0.445. The highest BCUT2D eigenvalue weighted by Gasteiger charge is 2.24. The minimum absolute atomic E-state index is 0.445. The van der Waals surface area contributed by atoms with E-state index in [1.54, 1.807) is 11.3 Å². The van der Waals surface area contributed by atoms with E-state index in [4.69, 9.17) is 0 Å². The minimum Gasteiger partial charge on any atom is -0.300 e. The molecule has 0 aromatic carbocycles. The average Bonchev–Trinajstić information content (AvgIpc) is 2.78. The molecule has 3 heteroatoms. The van der Waals surface area contributed by atoms with Crippen LogP contribution in [0, 0.1) is 0 Å². The molecule has 1 aromatic heterocycles. The number of Topliss-reactive ketones (excluding diaryl/α,β-unsaturated/α-hetero) is 1. The molecule has 1 unspecified atom stereocenters. The van der Waals surface area contributed by atoms with Crippen LogP contribution in [0.5, 0.6) is 0 Å². The lowest BCUT2D eigenvalue weighted by molar-refractivity contribution is -0.122. The second-order valence-corrected chi connectivity index (χ2v) is 5.46. The van der Waals surface area contributed by atoms with Gasteiger partial charge in [-0.25, -0.2) is 0 Å². The summed E-state index contributed by atoms with van der Waals surface area (Å²) in [6.07, 6.45) is 3.82. The van der Waals surface area contributed by atoms with Gasteiger partial charge in [0.05, 0.1) is 0 Å². The molecule has 2 rings (SSSR count). The van der Waals surface area contributed by atoms with Crippen LogP contribution in [0.2, 0.25) is 0 Å². The first kappa shape index (κ1) is 11.8. The van der Waals surface area contributed by atoms with E-state index in [2.05, 4.69) is 29.3 Å². The highest BCUT2D eigenvalue weighted by molar-refractivity contribution is 7.09. The van der Waals surface area contributed by atoms with Gasteiger partial charge in [-0.15, -0.1) is 11.3 Å². The number of rotatable bonds is 4. The Morgan fingerprint density at radius 1 is 1.56 bits per heavy atom. The van der Waals surface area contributed by atoms with Crippen LogP contribution in [0.1, 0.15) is 37.5 Å². The number of hydrogen-bond acceptors (Lipinski definition) is 3. The number of ketones is 1. The highest BCUT2D eigenvalue weighted by atomic mass is 32.1. The van der Waals surface area contributed by atoms with Crippen molar-refractivity contribution in [2.75, 3.05) is 6.54 Å². The first-order chi connectivity index (χ1) is 7.79. The lowest BCUT2D eigenvalue weighted by Gasteiger charge is -2.32. The van der Waals surface area contributed by atoms with E-state index in [-0.39, 0.29) is 0 Å². The molecule has 0 bridgehead atoms. The normalized spacial score (nSPS) is 21.6. The molecular formula is C13H19NOS. The van der Waals surface area contributed by atoms with Gasteiger partial charge in [-0.05, 0) is 30.8 Å². The zero-order chi connectivity index (χ0) is 11.4. The van der Waals surface area contributed by atoms with Crippen LogP contribution in [0.25, 0.3) is 0 Å². The van der Waals surface area contributed by atoms with E-state index in [0.717, 1.165) is 32.4 Å². The van der Waals surface area contributed by atoms with Crippen LogP contribution in [-0.2, 0) is 11.3 Å². The fraction of sp³-hybridized carbons (Fsp3) is 0.615. The molecule has 0 N–H and O–H groups in total. The summed E-state index contributed by atoms with van der Waals surface area (Å²) in [6.45, 7) is 4.23. The first-order valence-corrected chi connectivity index (χ1v) is 6.95. The Bertz CT molecular complexity index is 334. The number of carbonyl (C=O) groups is 1. The van der Waals surface area contributed by atoms with Crippen molar-refractivity contribution in [3.05, 3.63) is 22.4 Å². The minimum atomic E-state index is 0.445. The maximum absolute atomic E-state index is 11.5. The summed E-state index contributed by atoms with van der Waals surface area (Å²) < 4.78 is 0. The Hall–Kier alpha value is -0.670. The Balaban J connectivity index is 1.96. The van der Waals surface area contributed by atoms with E-state index < -0.39 is 0 Å². The Labute approximate surface area is 101 Å². The van der Waals surface area contributed by atoms with Gasteiger partial charge in [0.1, 0.15) is 5.78 Å². The second-order valence-electron chi connectivity index (χ2n) is 4.43. The molecule has 1 aliphatic carbocycles. The topological polar surface area (TPSA) is 20.3 Å². The van der Waals surface area contributed by atoms with Crippen molar-refractivity contribution in [1.29, 1.82) is 0 Å². The molecule has 1 aliphatic rings. The third kappa shape index (κ3) is 2.92. The Morgan fingerprint density at radius 2 is 2.44 bits per heavy atom. The summed E-state index contributed by atoms with van der Waals surface area (Å²) in [6, 6.07) is 4.76. The number of thiophene rings is 1.